The van der Waals surface area contributed by atoms with Crippen molar-refractivity contribution < 1.29 is 19.8 Å². The van der Waals surface area contributed by atoms with Crippen molar-refractivity contribution in [3.8, 4) is 0 Å². The molecule has 0 saturated heterocycles. The number of carboxylic acid groups (broad SMARTS) is 2. The standard InChI is InChI=1S/C17H23N3O4/c18-12(16(21)22)6-4-10-9-20-8-2-1-3-14(20)11-5-7-13(17(23)24)19-15(10)11/h3,9,11-13H,1-2,4-8,18H2,(H,21,22)(H,23,24). The highest BCUT2D eigenvalue weighted by molar-refractivity contribution is 6.06. The highest BCUT2D eigenvalue weighted by atomic mass is 16.4. The molecule has 7 heteroatoms. The lowest BCUT2D eigenvalue weighted by Crippen LogP contribution is -2.41. The highest BCUT2D eigenvalue weighted by Gasteiger charge is 2.37. The van der Waals surface area contributed by atoms with Crippen molar-refractivity contribution in [3.05, 3.63) is 23.5 Å². The van der Waals surface area contributed by atoms with Gasteiger partial charge in [0.2, 0.25) is 0 Å². The molecule has 0 fully saturated rings. The molecule has 7 nitrogen and oxygen atoms in total. The average Bonchev–Trinajstić information content (AvgIpc) is 2.58. The third-order valence-electron chi connectivity index (χ3n) is 4.97. The quantitative estimate of drug-likeness (QED) is 0.699. The van der Waals surface area contributed by atoms with Gasteiger partial charge in [0.25, 0.3) is 0 Å². The second-order valence-electron chi connectivity index (χ2n) is 6.60. The molecule has 0 radical (unpaired) electrons. The minimum atomic E-state index is -1.02. The third-order valence-corrected chi connectivity index (χ3v) is 4.97. The zero-order chi connectivity index (χ0) is 17.3. The molecule has 130 valence electrons. The van der Waals surface area contributed by atoms with Crippen molar-refractivity contribution in [1.29, 1.82) is 0 Å². The fourth-order valence-corrected chi connectivity index (χ4v) is 3.68. The summed E-state index contributed by atoms with van der Waals surface area (Å²) < 4.78 is 0. The number of rotatable bonds is 5. The Labute approximate surface area is 140 Å². The SMILES string of the molecule is NC(CCC1=CN2CCCC=C2C2CCC(C(=O)O)N=C12)C(=O)O. The predicted octanol–water partition coefficient (Wildman–Crippen LogP) is 1.36. The van der Waals surface area contributed by atoms with Crippen molar-refractivity contribution in [2.24, 2.45) is 16.6 Å². The fraction of sp³-hybridized carbons (Fsp3) is 0.588. The van der Waals surface area contributed by atoms with E-state index >= 15 is 0 Å². The van der Waals surface area contributed by atoms with Crippen LogP contribution in [0.25, 0.3) is 0 Å². The van der Waals surface area contributed by atoms with Crippen LogP contribution in [0.3, 0.4) is 0 Å². The van der Waals surface area contributed by atoms with Gasteiger partial charge in [-0.25, -0.2) is 4.79 Å². The van der Waals surface area contributed by atoms with Gasteiger partial charge in [0.15, 0.2) is 0 Å². The van der Waals surface area contributed by atoms with Crippen LogP contribution in [0, 0.1) is 5.92 Å². The Hall–Kier alpha value is -2.15. The number of allylic oxidation sites excluding steroid dienone is 3. The molecule has 0 aromatic heterocycles. The second kappa shape index (κ2) is 6.76. The van der Waals surface area contributed by atoms with Gasteiger partial charge < -0.3 is 20.8 Å². The van der Waals surface area contributed by atoms with E-state index in [9.17, 15) is 14.7 Å². The van der Waals surface area contributed by atoms with Gasteiger partial charge in [-0.05, 0) is 44.1 Å². The van der Waals surface area contributed by atoms with Crippen LogP contribution in [-0.2, 0) is 9.59 Å². The maximum atomic E-state index is 11.3. The summed E-state index contributed by atoms with van der Waals surface area (Å²) in [4.78, 5) is 29.0. The Morgan fingerprint density at radius 2 is 2.17 bits per heavy atom. The molecule has 0 saturated carbocycles. The lowest BCUT2D eigenvalue weighted by atomic mass is 9.80. The normalized spacial score (nSPS) is 27.2. The first-order valence-electron chi connectivity index (χ1n) is 8.44. The van der Waals surface area contributed by atoms with Gasteiger partial charge in [0.05, 0.1) is 0 Å². The number of hydrogen-bond donors (Lipinski definition) is 3. The molecular weight excluding hydrogens is 310 g/mol. The minimum Gasteiger partial charge on any atom is -0.480 e. The van der Waals surface area contributed by atoms with Crippen molar-refractivity contribution in [2.75, 3.05) is 6.54 Å². The Morgan fingerprint density at radius 1 is 1.38 bits per heavy atom. The Morgan fingerprint density at radius 3 is 2.88 bits per heavy atom. The summed E-state index contributed by atoms with van der Waals surface area (Å²) in [5.41, 5.74) is 8.59. The molecule has 0 aromatic carbocycles. The first-order chi connectivity index (χ1) is 11.5. The molecule has 3 rings (SSSR count). The van der Waals surface area contributed by atoms with Crippen LogP contribution in [0.2, 0.25) is 0 Å². The van der Waals surface area contributed by atoms with Gasteiger partial charge >= 0.3 is 11.9 Å². The summed E-state index contributed by atoms with van der Waals surface area (Å²) in [7, 11) is 0. The third kappa shape index (κ3) is 3.21. The predicted molar refractivity (Wildman–Crippen MR) is 88.5 cm³/mol. The van der Waals surface area contributed by atoms with E-state index in [-0.39, 0.29) is 5.92 Å². The number of nitrogens with two attached hydrogens (primary N) is 1. The van der Waals surface area contributed by atoms with Crippen LogP contribution in [0.15, 0.2) is 28.5 Å². The number of aliphatic imine (C=N–C) groups is 1. The number of hydrogen-bond acceptors (Lipinski definition) is 5. The van der Waals surface area contributed by atoms with Gasteiger partial charge in [0, 0.05) is 30.1 Å². The average molecular weight is 333 g/mol. The number of carboxylic acids is 2. The molecule has 0 aliphatic carbocycles. The van der Waals surface area contributed by atoms with Gasteiger partial charge in [-0.1, -0.05) is 6.08 Å². The monoisotopic (exact) mass is 333 g/mol. The molecular formula is C17H23N3O4. The van der Waals surface area contributed by atoms with Crippen LogP contribution in [0.5, 0.6) is 0 Å². The number of nitrogens with zero attached hydrogens (tertiary/aromatic N) is 2. The Kier molecular flexibility index (Phi) is 4.71. The van der Waals surface area contributed by atoms with Crippen LogP contribution >= 0.6 is 0 Å². The van der Waals surface area contributed by atoms with Gasteiger partial charge in [-0.3, -0.25) is 9.79 Å². The van der Waals surface area contributed by atoms with Crippen LogP contribution in [0.4, 0.5) is 0 Å². The Bertz CT molecular complexity index is 638. The zero-order valence-corrected chi connectivity index (χ0v) is 13.5. The van der Waals surface area contributed by atoms with Crippen LogP contribution in [-0.4, -0.2) is 51.4 Å². The number of aliphatic carboxylic acids is 2. The van der Waals surface area contributed by atoms with Crippen molar-refractivity contribution in [1.82, 2.24) is 4.90 Å². The van der Waals surface area contributed by atoms with Crippen LogP contribution in [0.1, 0.15) is 38.5 Å². The summed E-state index contributed by atoms with van der Waals surface area (Å²) in [5.74, 6) is -1.79. The van der Waals surface area contributed by atoms with E-state index in [4.69, 9.17) is 10.8 Å². The second-order valence-corrected chi connectivity index (χ2v) is 6.60. The molecule has 3 heterocycles. The number of fused-ring (bicyclic) bond motifs is 3. The summed E-state index contributed by atoms with van der Waals surface area (Å²) in [5, 5.41) is 18.3. The first-order valence-corrected chi connectivity index (χ1v) is 8.44. The van der Waals surface area contributed by atoms with E-state index in [1.807, 2.05) is 6.20 Å². The van der Waals surface area contributed by atoms with E-state index in [0.717, 1.165) is 37.1 Å². The first kappa shape index (κ1) is 16.7. The minimum absolute atomic E-state index is 0.127. The maximum absolute atomic E-state index is 11.3. The van der Waals surface area contributed by atoms with Gasteiger partial charge in [-0.15, -0.1) is 0 Å². The van der Waals surface area contributed by atoms with E-state index in [2.05, 4.69) is 16.0 Å². The van der Waals surface area contributed by atoms with Crippen molar-refractivity contribution in [2.45, 2.75) is 50.6 Å². The fourth-order valence-electron chi connectivity index (χ4n) is 3.68. The molecule has 3 atom stereocenters. The molecule has 3 unspecified atom stereocenters. The van der Waals surface area contributed by atoms with Crippen LogP contribution < -0.4 is 5.73 Å². The topological polar surface area (TPSA) is 116 Å². The molecule has 3 aliphatic rings. The lowest BCUT2D eigenvalue weighted by molar-refractivity contribution is -0.139. The molecule has 0 amide bonds. The van der Waals surface area contributed by atoms with Gasteiger partial charge in [-0.2, -0.15) is 0 Å². The lowest BCUT2D eigenvalue weighted by Gasteiger charge is -2.41. The molecule has 3 aliphatic heterocycles. The molecule has 0 bridgehead atoms. The molecule has 24 heavy (non-hydrogen) atoms. The largest absolute Gasteiger partial charge is 0.480 e. The van der Waals surface area contributed by atoms with E-state index in [0.29, 0.717) is 19.3 Å². The summed E-state index contributed by atoms with van der Waals surface area (Å²) in [6.45, 7) is 0.937. The summed E-state index contributed by atoms with van der Waals surface area (Å²) in [6, 6.07) is -1.62. The maximum Gasteiger partial charge on any atom is 0.328 e. The Balaban J connectivity index is 1.90. The van der Waals surface area contributed by atoms with Crippen molar-refractivity contribution in [3.63, 3.8) is 0 Å². The van der Waals surface area contributed by atoms with Gasteiger partial charge in [0.1, 0.15) is 12.1 Å². The molecule has 4 N–H and O–H groups in total. The van der Waals surface area contributed by atoms with Crippen molar-refractivity contribution >= 4 is 17.7 Å². The summed E-state index contributed by atoms with van der Waals surface area (Å²) >= 11 is 0. The van der Waals surface area contributed by atoms with E-state index in [1.54, 1.807) is 0 Å². The smallest absolute Gasteiger partial charge is 0.328 e. The van der Waals surface area contributed by atoms with E-state index in [1.165, 1.54) is 5.70 Å². The highest BCUT2D eigenvalue weighted by Crippen LogP contribution is 2.38. The number of carbonyl (C=O) groups is 2. The zero-order valence-electron chi connectivity index (χ0n) is 13.5. The molecule has 0 spiro atoms. The van der Waals surface area contributed by atoms with E-state index < -0.39 is 24.0 Å². The molecule has 0 aromatic rings. The summed E-state index contributed by atoms with van der Waals surface area (Å²) in [6.07, 6.45) is 8.47.